The monoisotopic (exact) mass is 353 g/mol. The van der Waals surface area contributed by atoms with Gasteiger partial charge in [-0.05, 0) is 24.3 Å². The molecule has 0 aliphatic heterocycles. The van der Waals surface area contributed by atoms with Crippen LogP contribution in [0.2, 0.25) is 0 Å². The Bertz CT molecular complexity index is 856. The third-order valence-corrected chi connectivity index (χ3v) is 3.61. The molecule has 0 saturated heterocycles. The molecule has 0 bridgehead atoms. The Morgan fingerprint density at radius 3 is 2.82 bits per heavy atom. The minimum absolute atomic E-state index is 0.259. The SMILES string of the molecule is O=C(N/N=C/c1cccc2cccnc12)c1cccc(Br)c1. The number of hydrazone groups is 1. The van der Waals surface area contributed by atoms with Gasteiger partial charge in [0.15, 0.2) is 0 Å². The van der Waals surface area contributed by atoms with Gasteiger partial charge in [0.05, 0.1) is 11.7 Å². The highest BCUT2D eigenvalue weighted by molar-refractivity contribution is 9.10. The van der Waals surface area contributed by atoms with Crippen molar-refractivity contribution in [3.8, 4) is 0 Å². The Morgan fingerprint density at radius 2 is 1.95 bits per heavy atom. The molecule has 22 heavy (non-hydrogen) atoms. The van der Waals surface area contributed by atoms with Crippen LogP contribution in [0.4, 0.5) is 0 Å². The van der Waals surface area contributed by atoms with Crippen molar-refractivity contribution in [2.45, 2.75) is 0 Å². The van der Waals surface area contributed by atoms with Gasteiger partial charge in [0.2, 0.25) is 0 Å². The highest BCUT2D eigenvalue weighted by atomic mass is 79.9. The molecular formula is C17H12BrN3O. The van der Waals surface area contributed by atoms with Crippen molar-refractivity contribution in [3.05, 3.63) is 76.4 Å². The molecule has 5 heteroatoms. The summed E-state index contributed by atoms with van der Waals surface area (Å²) < 4.78 is 0.849. The minimum Gasteiger partial charge on any atom is -0.267 e. The number of hydrogen-bond donors (Lipinski definition) is 1. The third kappa shape index (κ3) is 3.20. The number of rotatable bonds is 3. The second kappa shape index (κ2) is 6.49. The molecule has 3 aromatic rings. The fraction of sp³-hybridized carbons (Fsp3) is 0. The lowest BCUT2D eigenvalue weighted by atomic mass is 10.1. The molecule has 0 saturated carbocycles. The molecule has 1 aromatic heterocycles. The summed E-state index contributed by atoms with van der Waals surface area (Å²) in [6.07, 6.45) is 3.34. The van der Waals surface area contributed by atoms with Crippen molar-refractivity contribution in [1.82, 2.24) is 10.4 Å². The van der Waals surface area contributed by atoms with Crippen LogP contribution in [0, 0.1) is 0 Å². The first-order chi connectivity index (χ1) is 10.7. The number of hydrogen-bond acceptors (Lipinski definition) is 3. The van der Waals surface area contributed by atoms with Crippen molar-refractivity contribution in [3.63, 3.8) is 0 Å². The number of nitrogens with zero attached hydrogens (tertiary/aromatic N) is 2. The van der Waals surface area contributed by atoms with Gasteiger partial charge in [-0.15, -0.1) is 0 Å². The van der Waals surface area contributed by atoms with Crippen LogP contribution in [0.5, 0.6) is 0 Å². The maximum atomic E-state index is 12.0. The van der Waals surface area contributed by atoms with Gasteiger partial charge in [-0.2, -0.15) is 5.10 Å². The van der Waals surface area contributed by atoms with Gasteiger partial charge >= 0.3 is 0 Å². The van der Waals surface area contributed by atoms with E-state index in [1.54, 1.807) is 30.6 Å². The van der Waals surface area contributed by atoms with Crippen molar-refractivity contribution < 1.29 is 4.79 Å². The molecule has 108 valence electrons. The summed E-state index contributed by atoms with van der Waals surface area (Å²) in [7, 11) is 0. The third-order valence-electron chi connectivity index (χ3n) is 3.12. The van der Waals surface area contributed by atoms with Gasteiger partial charge < -0.3 is 0 Å². The Hall–Kier alpha value is -2.53. The summed E-state index contributed by atoms with van der Waals surface area (Å²) in [6.45, 7) is 0. The van der Waals surface area contributed by atoms with Crippen molar-refractivity contribution in [2.24, 2.45) is 5.10 Å². The smallest absolute Gasteiger partial charge is 0.267 e. The van der Waals surface area contributed by atoms with Crippen LogP contribution in [-0.4, -0.2) is 17.1 Å². The van der Waals surface area contributed by atoms with Crippen LogP contribution in [0.25, 0.3) is 10.9 Å². The number of para-hydroxylation sites is 1. The average molecular weight is 354 g/mol. The van der Waals surface area contributed by atoms with Gasteiger partial charge in [0.1, 0.15) is 0 Å². The summed E-state index contributed by atoms with van der Waals surface area (Å²) in [5, 5.41) is 5.05. The Morgan fingerprint density at radius 1 is 1.14 bits per heavy atom. The predicted molar refractivity (Wildman–Crippen MR) is 90.9 cm³/mol. The van der Waals surface area contributed by atoms with E-state index in [0.717, 1.165) is 20.9 Å². The zero-order valence-electron chi connectivity index (χ0n) is 11.5. The first-order valence-corrected chi connectivity index (χ1v) is 7.46. The molecule has 1 amide bonds. The van der Waals surface area contributed by atoms with E-state index in [-0.39, 0.29) is 5.91 Å². The Balaban J connectivity index is 1.78. The second-order valence-corrected chi connectivity index (χ2v) is 5.55. The van der Waals surface area contributed by atoms with Crippen LogP contribution in [0.1, 0.15) is 15.9 Å². The van der Waals surface area contributed by atoms with Gasteiger partial charge in [0.25, 0.3) is 5.91 Å². The predicted octanol–water partition coefficient (Wildman–Crippen LogP) is 3.76. The normalized spacial score (nSPS) is 11.0. The Kier molecular flexibility index (Phi) is 4.25. The van der Waals surface area contributed by atoms with E-state index >= 15 is 0 Å². The maximum Gasteiger partial charge on any atom is 0.271 e. The molecule has 0 aliphatic carbocycles. The fourth-order valence-electron chi connectivity index (χ4n) is 2.09. The van der Waals surface area contributed by atoms with Crippen molar-refractivity contribution in [2.75, 3.05) is 0 Å². The summed E-state index contributed by atoms with van der Waals surface area (Å²) >= 11 is 3.34. The fourth-order valence-corrected chi connectivity index (χ4v) is 2.49. The lowest BCUT2D eigenvalue weighted by Gasteiger charge is -2.02. The number of halogens is 1. The number of aromatic nitrogens is 1. The summed E-state index contributed by atoms with van der Waals surface area (Å²) in [5.41, 5.74) is 4.77. The van der Waals surface area contributed by atoms with E-state index in [1.807, 2.05) is 36.4 Å². The second-order valence-electron chi connectivity index (χ2n) is 4.63. The molecule has 4 nitrogen and oxygen atoms in total. The summed E-state index contributed by atoms with van der Waals surface area (Å²) in [5.74, 6) is -0.259. The van der Waals surface area contributed by atoms with E-state index in [1.165, 1.54) is 0 Å². The lowest BCUT2D eigenvalue weighted by Crippen LogP contribution is -2.17. The molecule has 1 N–H and O–H groups in total. The molecule has 0 aliphatic rings. The number of carbonyl (C=O) groups excluding carboxylic acids is 1. The zero-order chi connectivity index (χ0) is 15.4. The molecule has 1 heterocycles. The van der Waals surface area contributed by atoms with Crippen LogP contribution in [0.15, 0.2) is 70.4 Å². The summed E-state index contributed by atoms with van der Waals surface area (Å²) in [6, 6.07) is 16.8. The molecule has 0 atom stereocenters. The van der Waals surface area contributed by atoms with E-state index < -0.39 is 0 Å². The average Bonchev–Trinajstić information content (AvgIpc) is 2.55. The number of pyridine rings is 1. The quantitative estimate of drug-likeness (QED) is 0.575. The lowest BCUT2D eigenvalue weighted by molar-refractivity contribution is 0.0955. The molecule has 0 fully saturated rings. The number of fused-ring (bicyclic) bond motifs is 1. The van der Waals surface area contributed by atoms with Gasteiger partial charge in [-0.3, -0.25) is 9.78 Å². The molecule has 2 aromatic carbocycles. The Labute approximate surface area is 136 Å². The first-order valence-electron chi connectivity index (χ1n) is 6.67. The zero-order valence-corrected chi connectivity index (χ0v) is 13.1. The molecule has 0 unspecified atom stereocenters. The highest BCUT2D eigenvalue weighted by Crippen LogP contribution is 2.14. The van der Waals surface area contributed by atoms with Crippen LogP contribution in [-0.2, 0) is 0 Å². The molecular weight excluding hydrogens is 342 g/mol. The standard InChI is InChI=1S/C17H12BrN3O/c18-15-8-2-5-13(10-15)17(22)21-20-11-14-6-1-4-12-7-3-9-19-16(12)14/h1-11H,(H,21,22)/b20-11+. The van der Waals surface area contributed by atoms with E-state index in [0.29, 0.717) is 5.56 Å². The van der Waals surface area contributed by atoms with Crippen molar-refractivity contribution in [1.29, 1.82) is 0 Å². The highest BCUT2D eigenvalue weighted by Gasteiger charge is 2.04. The van der Waals surface area contributed by atoms with E-state index in [9.17, 15) is 4.79 Å². The van der Waals surface area contributed by atoms with Gasteiger partial charge in [-0.25, -0.2) is 5.43 Å². The number of nitrogens with one attached hydrogen (secondary N) is 1. The van der Waals surface area contributed by atoms with E-state index in [4.69, 9.17) is 0 Å². The first kappa shape index (κ1) is 14.4. The summed E-state index contributed by atoms with van der Waals surface area (Å²) in [4.78, 5) is 16.3. The van der Waals surface area contributed by atoms with Gasteiger partial charge in [0, 0.05) is 27.2 Å². The van der Waals surface area contributed by atoms with Crippen LogP contribution in [0.3, 0.4) is 0 Å². The number of carbonyl (C=O) groups is 1. The van der Waals surface area contributed by atoms with Gasteiger partial charge in [-0.1, -0.05) is 46.3 Å². The molecule has 0 spiro atoms. The van der Waals surface area contributed by atoms with E-state index in [2.05, 4.69) is 31.4 Å². The van der Waals surface area contributed by atoms with Crippen molar-refractivity contribution >= 4 is 39.0 Å². The number of benzene rings is 2. The minimum atomic E-state index is -0.259. The maximum absolute atomic E-state index is 12.0. The topological polar surface area (TPSA) is 54.4 Å². The van der Waals surface area contributed by atoms with Crippen LogP contribution >= 0.6 is 15.9 Å². The molecule has 0 radical (unpaired) electrons. The largest absolute Gasteiger partial charge is 0.271 e. The number of amides is 1. The van der Waals surface area contributed by atoms with Crippen LogP contribution < -0.4 is 5.43 Å². The molecule has 3 rings (SSSR count).